The van der Waals surface area contributed by atoms with Crippen molar-refractivity contribution >= 4 is 0 Å². The van der Waals surface area contributed by atoms with Crippen molar-refractivity contribution < 1.29 is 4.74 Å². The van der Waals surface area contributed by atoms with Gasteiger partial charge in [0.1, 0.15) is 18.2 Å². The number of pyridine rings is 1. The number of ether oxygens (including phenoxy) is 1. The molecule has 1 heterocycles. The molecule has 0 amide bonds. The quantitative estimate of drug-likeness (QED) is 0.775. The first-order valence-electron chi connectivity index (χ1n) is 4.30. The van der Waals surface area contributed by atoms with E-state index in [4.69, 9.17) is 15.7 Å². The van der Waals surface area contributed by atoms with E-state index in [0.29, 0.717) is 18.1 Å². The minimum atomic E-state index is -0.426. The van der Waals surface area contributed by atoms with Crippen LogP contribution < -0.4 is 10.5 Å². The first-order chi connectivity index (χ1) is 6.53. The van der Waals surface area contributed by atoms with Crippen LogP contribution in [-0.4, -0.2) is 17.1 Å². The molecule has 0 saturated carbocycles. The minimum absolute atomic E-state index is 0.332. The molecular weight excluding hydrogens is 178 g/mol. The summed E-state index contributed by atoms with van der Waals surface area (Å²) in [5.74, 6) is 0.341. The Labute approximate surface area is 83.3 Å². The maximum absolute atomic E-state index is 8.75. The van der Waals surface area contributed by atoms with Gasteiger partial charge in [-0.2, -0.15) is 5.26 Å². The van der Waals surface area contributed by atoms with Crippen LogP contribution in [-0.2, 0) is 0 Å². The van der Waals surface area contributed by atoms with Gasteiger partial charge in [0.2, 0.25) is 5.88 Å². The first-order valence-corrected chi connectivity index (χ1v) is 4.30. The van der Waals surface area contributed by atoms with Crippen molar-refractivity contribution in [2.24, 2.45) is 5.73 Å². The zero-order chi connectivity index (χ0) is 10.6. The molecule has 0 atom stereocenters. The zero-order valence-electron chi connectivity index (χ0n) is 8.32. The van der Waals surface area contributed by atoms with E-state index in [1.54, 1.807) is 18.3 Å². The highest BCUT2D eigenvalue weighted by Gasteiger charge is 2.13. The van der Waals surface area contributed by atoms with Crippen molar-refractivity contribution in [1.82, 2.24) is 4.98 Å². The molecule has 0 spiro atoms. The van der Waals surface area contributed by atoms with Crippen LogP contribution in [0.25, 0.3) is 0 Å². The Morgan fingerprint density at radius 2 is 2.36 bits per heavy atom. The van der Waals surface area contributed by atoms with Crippen LogP contribution in [0.5, 0.6) is 5.88 Å². The van der Waals surface area contributed by atoms with Gasteiger partial charge >= 0.3 is 0 Å². The molecule has 1 rings (SSSR count). The average Bonchev–Trinajstić information content (AvgIpc) is 2.14. The van der Waals surface area contributed by atoms with E-state index in [1.165, 1.54) is 0 Å². The number of hydrogen-bond donors (Lipinski definition) is 1. The second-order valence-electron chi connectivity index (χ2n) is 3.75. The molecule has 0 aliphatic heterocycles. The van der Waals surface area contributed by atoms with E-state index in [9.17, 15) is 0 Å². The number of hydrogen-bond acceptors (Lipinski definition) is 4. The van der Waals surface area contributed by atoms with Crippen molar-refractivity contribution in [3.8, 4) is 11.9 Å². The molecular formula is C10H13N3O. The third-order valence-electron chi connectivity index (χ3n) is 1.47. The second-order valence-corrected chi connectivity index (χ2v) is 3.75. The smallest absolute Gasteiger partial charge is 0.231 e. The Bertz CT molecular complexity index is 349. The van der Waals surface area contributed by atoms with E-state index in [2.05, 4.69) is 4.98 Å². The molecule has 14 heavy (non-hydrogen) atoms. The van der Waals surface area contributed by atoms with Crippen molar-refractivity contribution in [2.45, 2.75) is 19.4 Å². The predicted octanol–water partition coefficient (Wildman–Crippen LogP) is 1.07. The fourth-order valence-electron chi connectivity index (χ4n) is 0.845. The average molecular weight is 191 g/mol. The number of nitriles is 1. The summed E-state index contributed by atoms with van der Waals surface area (Å²) in [6.07, 6.45) is 1.58. The molecule has 0 unspecified atom stereocenters. The maximum atomic E-state index is 8.75. The molecule has 0 aromatic carbocycles. The summed E-state index contributed by atoms with van der Waals surface area (Å²) < 4.78 is 5.33. The van der Waals surface area contributed by atoms with E-state index in [-0.39, 0.29) is 0 Å². The van der Waals surface area contributed by atoms with Gasteiger partial charge in [-0.15, -0.1) is 0 Å². The molecule has 0 radical (unpaired) electrons. The minimum Gasteiger partial charge on any atom is -0.475 e. The van der Waals surface area contributed by atoms with E-state index in [0.717, 1.165) is 0 Å². The Kier molecular flexibility index (Phi) is 3.05. The van der Waals surface area contributed by atoms with Crippen molar-refractivity contribution in [1.29, 1.82) is 5.26 Å². The Morgan fingerprint density at radius 3 is 2.93 bits per heavy atom. The third-order valence-corrected chi connectivity index (χ3v) is 1.47. The van der Waals surface area contributed by atoms with Gasteiger partial charge in [0.05, 0.1) is 0 Å². The van der Waals surface area contributed by atoms with Gasteiger partial charge in [-0.3, -0.25) is 0 Å². The Balaban J connectivity index is 2.73. The first kappa shape index (κ1) is 10.5. The molecule has 0 saturated heterocycles. The van der Waals surface area contributed by atoms with Crippen molar-refractivity contribution in [3.05, 3.63) is 23.9 Å². The molecule has 2 N–H and O–H groups in total. The number of aromatic nitrogens is 1. The summed E-state index contributed by atoms with van der Waals surface area (Å²) in [6.45, 7) is 4.03. The summed E-state index contributed by atoms with van der Waals surface area (Å²) >= 11 is 0. The van der Waals surface area contributed by atoms with Gasteiger partial charge in [-0.25, -0.2) is 4.98 Å². The molecule has 0 aliphatic carbocycles. The second kappa shape index (κ2) is 4.07. The zero-order valence-corrected chi connectivity index (χ0v) is 8.32. The van der Waals surface area contributed by atoms with Crippen LogP contribution in [0.1, 0.15) is 19.4 Å². The van der Waals surface area contributed by atoms with E-state index < -0.39 is 5.54 Å². The highest BCUT2D eigenvalue weighted by atomic mass is 16.5. The highest BCUT2D eigenvalue weighted by Crippen LogP contribution is 2.13. The summed E-state index contributed by atoms with van der Waals surface area (Å²) in [7, 11) is 0. The maximum Gasteiger partial charge on any atom is 0.231 e. The summed E-state index contributed by atoms with van der Waals surface area (Å²) in [4.78, 5) is 3.95. The molecule has 1 aromatic rings. The molecule has 4 heteroatoms. The summed E-state index contributed by atoms with van der Waals surface area (Å²) in [6, 6.07) is 5.36. The molecule has 4 nitrogen and oxygen atoms in total. The fraction of sp³-hybridized carbons (Fsp3) is 0.400. The number of nitrogens with two attached hydrogens (primary N) is 1. The SMILES string of the molecule is CC(C)(N)COc1ncccc1C#N. The van der Waals surface area contributed by atoms with Gasteiger partial charge in [-0.1, -0.05) is 0 Å². The molecule has 1 aromatic heterocycles. The predicted molar refractivity (Wildman–Crippen MR) is 52.7 cm³/mol. The van der Waals surface area contributed by atoms with Crippen LogP contribution in [0.4, 0.5) is 0 Å². The van der Waals surface area contributed by atoms with E-state index >= 15 is 0 Å². The standard InChI is InChI=1S/C10H13N3O/c1-10(2,12)7-14-9-8(6-11)4-3-5-13-9/h3-5H,7,12H2,1-2H3. The van der Waals surface area contributed by atoms with Crippen molar-refractivity contribution in [2.75, 3.05) is 6.61 Å². The van der Waals surface area contributed by atoms with Crippen LogP contribution in [0, 0.1) is 11.3 Å². The molecule has 0 fully saturated rings. The van der Waals surface area contributed by atoms with Gasteiger partial charge in [0.15, 0.2) is 0 Å². The lowest BCUT2D eigenvalue weighted by molar-refractivity contribution is 0.234. The highest BCUT2D eigenvalue weighted by molar-refractivity contribution is 5.36. The number of rotatable bonds is 3. The van der Waals surface area contributed by atoms with Crippen LogP contribution >= 0.6 is 0 Å². The van der Waals surface area contributed by atoms with Crippen LogP contribution in [0.2, 0.25) is 0 Å². The third kappa shape index (κ3) is 3.04. The van der Waals surface area contributed by atoms with Crippen molar-refractivity contribution in [3.63, 3.8) is 0 Å². The summed E-state index contributed by atoms with van der Waals surface area (Å²) in [5.41, 5.74) is 5.74. The normalized spacial score (nSPS) is 10.7. The molecule has 74 valence electrons. The van der Waals surface area contributed by atoms with Gasteiger partial charge in [-0.05, 0) is 26.0 Å². The lowest BCUT2D eigenvalue weighted by atomic mass is 10.1. The fourth-order valence-corrected chi connectivity index (χ4v) is 0.845. The van der Waals surface area contributed by atoms with Gasteiger partial charge in [0.25, 0.3) is 0 Å². The topological polar surface area (TPSA) is 71.9 Å². The Hall–Kier alpha value is -1.60. The van der Waals surface area contributed by atoms with Crippen LogP contribution in [0.3, 0.4) is 0 Å². The number of nitrogens with zero attached hydrogens (tertiary/aromatic N) is 2. The molecule has 0 bridgehead atoms. The lowest BCUT2D eigenvalue weighted by Crippen LogP contribution is -2.38. The van der Waals surface area contributed by atoms with Gasteiger partial charge < -0.3 is 10.5 Å². The molecule has 0 aliphatic rings. The monoisotopic (exact) mass is 191 g/mol. The lowest BCUT2D eigenvalue weighted by Gasteiger charge is -2.18. The summed E-state index contributed by atoms with van der Waals surface area (Å²) in [5, 5.41) is 8.75. The Morgan fingerprint density at radius 1 is 1.64 bits per heavy atom. The van der Waals surface area contributed by atoms with E-state index in [1.807, 2.05) is 19.9 Å². The van der Waals surface area contributed by atoms with Crippen LogP contribution in [0.15, 0.2) is 18.3 Å². The van der Waals surface area contributed by atoms with Gasteiger partial charge in [0, 0.05) is 11.7 Å². The largest absolute Gasteiger partial charge is 0.475 e.